The molecule has 10 heavy (non-hydrogen) atoms. The van der Waals surface area contributed by atoms with Crippen LogP contribution in [0.25, 0.3) is 0 Å². The lowest BCUT2D eigenvalue weighted by atomic mass is 10.4. The Balaban J connectivity index is 3.24. The van der Waals surface area contributed by atoms with Crippen LogP contribution in [-0.2, 0) is 4.74 Å². The summed E-state index contributed by atoms with van der Waals surface area (Å²) in [6.07, 6.45) is 2.07. The van der Waals surface area contributed by atoms with Crippen molar-refractivity contribution in [2.75, 3.05) is 27.2 Å². The molecule has 0 aliphatic heterocycles. The highest BCUT2D eigenvalue weighted by atomic mass is 16.5. The van der Waals surface area contributed by atoms with Crippen molar-refractivity contribution in [2.45, 2.75) is 13.0 Å². The van der Waals surface area contributed by atoms with Gasteiger partial charge >= 0.3 is 0 Å². The van der Waals surface area contributed by atoms with E-state index >= 15 is 0 Å². The summed E-state index contributed by atoms with van der Waals surface area (Å²) in [6, 6.07) is 0. The fourth-order valence-electron chi connectivity index (χ4n) is 0.799. The fourth-order valence-corrected chi connectivity index (χ4v) is 0.799. The van der Waals surface area contributed by atoms with E-state index in [1.807, 2.05) is 14.1 Å². The zero-order valence-corrected chi connectivity index (χ0v) is 7.13. The molecule has 0 aliphatic rings. The molecule has 0 radical (unpaired) electrons. The first kappa shape index (κ1) is 9.66. The van der Waals surface area contributed by atoms with Crippen molar-refractivity contribution in [3.05, 3.63) is 12.7 Å². The highest BCUT2D eigenvalue weighted by Gasteiger charge is 2.00. The van der Waals surface area contributed by atoms with E-state index in [2.05, 4.69) is 18.4 Å². The number of rotatable bonds is 5. The molecule has 0 saturated carbocycles. The van der Waals surface area contributed by atoms with Crippen molar-refractivity contribution < 1.29 is 4.74 Å². The molecular formula is C8H17NO. The van der Waals surface area contributed by atoms with E-state index in [0.29, 0.717) is 12.7 Å². The molecule has 0 saturated heterocycles. The van der Waals surface area contributed by atoms with Crippen molar-refractivity contribution in [2.24, 2.45) is 0 Å². The van der Waals surface area contributed by atoms with E-state index in [1.54, 1.807) is 6.08 Å². The molecule has 0 N–H and O–H groups in total. The Morgan fingerprint density at radius 3 is 2.60 bits per heavy atom. The maximum absolute atomic E-state index is 5.34. The highest BCUT2D eigenvalue weighted by Crippen LogP contribution is 1.91. The summed E-state index contributed by atoms with van der Waals surface area (Å²) in [4.78, 5) is 2.10. The molecule has 0 unspecified atom stereocenters. The number of ether oxygens (including phenoxy) is 1. The van der Waals surface area contributed by atoms with Gasteiger partial charge in [0.15, 0.2) is 0 Å². The smallest absolute Gasteiger partial charge is 0.0677 e. The second-order valence-electron chi connectivity index (χ2n) is 2.69. The van der Waals surface area contributed by atoms with Gasteiger partial charge in [-0.1, -0.05) is 6.08 Å². The molecule has 0 heterocycles. The third kappa shape index (κ3) is 5.79. The lowest BCUT2D eigenvalue weighted by Gasteiger charge is -2.16. The molecule has 0 rings (SSSR count). The molecule has 2 nitrogen and oxygen atoms in total. The predicted molar refractivity (Wildman–Crippen MR) is 44.2 cm³/mol. The number of hydrogen-bond donors (Lipinski definition) is 0. The lowest BCUT2D eigenvalue weighted by molar-refractivity contribution is 0.0676. The minimum Gasteiger partial charge on any atom is -0.373 e. The topological polar surface area (TPSA) is 12.5 Å². The summed E-state index contributed by atoms with van der Waals surface area (Å²) in [5, 5.41) is 0. The summed E-state index contributed by atoms with van der Waals surface area (Å²) in [7, 11) is 4.07. The van der Waals surface area contributed by atoms with Crippen LogP contribution < -0.4 is 0 Å². The molecule has 60 valence electrons. The van der Waals surface area contributed by atoms with E-state index in [1.165, 1.54) is 0 Å². The molecule has 0 aromatic carbocycles. The van der Waals surface area contributed by atoms with Crippen molar-refractivity contribution in [1.29, 1.82) is 0 Å². The van der Waals surface area contributed by atoms with Gasteiger partial charge in [0.2, 0.25) is 0 Å². The van der Waals surface area contributed by atoms with Gasteiger partial charge in [0.25, 0.3) is 0 Å². The van der Waals surface area contributed by atoms with Gasteiger partial charge in [-0.2, -0.15) is 0 Å². The average Bonchev–Trinajstić information content (AvgIpc) is 1.82. The fraction of sp³-hybridized carbons (Fsp3) is 0.750. The Bertz CT molecular complexity index is 91.3. The number of likely N-dealkylation sites (N-methyl/N-ethyl adjacent to an activating group) is 1. The highest BCUT2D eigenvalue weighted by molar-refractivity contribution is 4.66. The molecule has 0 aromatic heterocycles. The van der Waals surface area contributed by atoms with Gasteiger partial charge in [-0.15, -0.1) is 6.58 Å². The van der Waals surface area contributed by atoms with Crippen LogP contribution >= 0.6 is 0 Å². The van der Waals surface area contributed by atoms with Crippen molar-refractivity contribution >= 4 is 0 Å². The van der Waals surface area contributed by atoms with Crippen LogP contribution in [0.15, 0.2) is 12.7 Å². The van der Waals surface area contributed by atoms with E-state index in [-0.39, 0.29) is 0 Å². The standard InChI is InChI=1S/C8H17NO/c1-5-6-10-8(2)7-9(3)4/h5,8H,1,6-7H2,2-4H3/t8-/m1/s1. The number of hydrogen-bond acceptors (Lipinski definition) is 2. The van der Waals surface area contributed by atoms with Gasteiger partial charge < -0.3 is 9.64 Å². The lowest BCUT2D eigenvalue weighted by Crippen LogP contribution is -2.25. The molecule has 2 heteroatoms. The van der Waals surface area contributed by atoms with Crippen molar-refractivity contribution in [1.82, 2.24) is 4.90 Å². The zero-order valence-electron chi connectivity index (χ0n) is 7.13. The van der Waals surface area contributed by atoms with Crippen LogP contribution in [0.3, 0.4) is 0 Å². The second-order valence-corrected chi connectivity index (χ2v) is 2.69. The Kier molecular flexibility index (Phi) is 5.26. The summed E-state index contributed by atoms with van der Waals surface area (Å²) in [6.45, 7) is 7.25. The molecule has 0 bridgehead atoms. The molecule has 0 amide bonds. The van der Waals surface area contributed by atoms with E-state index in [4.69, 9.17) is 4.74 Å². The first-order chi connectivity index (χ1) is 4.66. The third-order valence-corrected chi connectivity index (χ3v) is 1.12. The Morgan fingerprint density at radius 1 is 1.60 bits per heavy atom. The first-order valence-corrected chi connectivity index (χ1v) is 3.54. The molecule has 0 aliphatic carbocycles. The van der Waals surface area contributed by atoms with Gasteiger partial charge in [0, 0.05) is 6.54 Å². The maximum Gasteiger partial charge on any atom is 0.0677 e. The quantitative estimate of drug-likeness (QED) is 0.535. The summed E-state index contributed by atoms with van der Waals surface area (Å²) in [5.74, 6) is 0. The van der Waals surface area contributed by atoms with Crippen LogP contribution in [0.1, 0.15) is 6.92 Å². The second kappa shape index (κ2) is 5.45. The van der Waals surface area contributed by atoms with Crippen LogP contribution in [0.2, 0.25) is 0 Å². The zero-order chi connectivity index (χ0) is 7.98. The molecule has 0 aromatic rings. The van der Waals surface area contributed by atoms with Crippen LogP contribution in [0.4, 0.5) is 0 Å². The maximum atomic E-state index is 5.34. The average molecular weight is 143 g/mol. The van der Waals surface area contributed by atoms with Gasteiger partial charge in [-0.3, -0.25) is 0 Å². The van der Waals surface area contributed by atoms with Crippen LogP contribution in [0.5, 0.6) is 0 Å². The Morgan fingerprint density at radius 2 is 2.20 bits per heavy atom. The summed E-state index contributed by atoms with van der Waals surface area (Å²) >= 11 is 0. The van der Waals surface area contributed by atoms with E-state index in [9.17, 15) is 0 Å². The monoisotopic (exact) mass is 143 g/mol. The van der Waals surface area contributed by atoms with Crippen LogP contribution in [0, 0.1) is 0 Å². The van der Waals surface area contributed by atoms with Gasteiger partial charge in [-0.25, -0.2) is 0 Å². The van der Waals surface area contributed by atoms with E-state index in [0.717, 1.165) is 6.54 Å². The van der Waals surface area contributed by atoms with Crippen molar-refractivity contribution in [3.8, 4) is 0 Å². The summed E-state index contributed by atoms with van der Waals surface area (Å²) < 4.78 is 5.34. The third-order valence-electron chi connectivity index (χ3n) is 1.12. The van der Waals surface area contributed by atoms with Gasteiger partial charge in [0.05, 0.1) is 12.7 Å². The minimum atomic E-state index is 0.299. The normalized spacial score (nSPS) is 13.6. The van der Waals surface area contributed by atoms with Gasteiger partial charge in [0.1, 0.15) is 0 Å². The SMILES string of the molecule is C=CCO[C@H](C)CN(C)C. The Hall–Kier alpha value is -0.340. The molecule has 0 spiro atoms. The first-order valence-electron chi connectivity index (χ1n) is 3.54. The van der Waals surface area contributed by atoms with Gasteiger partial charge in [-0.05, 0) is 21.0 Å². The molecule has 0 fully saturated rings. The van der Waals surface area contributed by atoms with E-state index < -0.39 is 0 Å². The van der Waals surface area contributed by atoms with Crippen LogP contribution in [-0.4, -0.2) is 38.3 Å². The van der Waals surface area contributed by atoms with Crippen molar-refractivity contribution in [3.63, 3.8) is 0 Å². The summed E-state index contributed by atoms with van der Waals surface area (Å²) in [5.41, 5.74) is 0. The minimum absolute atomic E-state index is 0.299. The molecule has 1 atom stereocenters. The molecular weight excluding hydrogens is 126 g/mol. The Labute approximate surface area is 63.5 Å². The predicted octanol–water partition coefficient (Wildman–Crippen LogP) is 1.14. The largest absolute Gasteiger partial charge is 0.373 e. The number of nitrogens with zero attached hydrogens (tertiary/aromatic N) is 1.